The van der Waals surface area contributed by atoms with Crippen molar-refractivity contribution < 1.29 is 13.2 Å². The highest BCUT2D eigenvalue weighted by atomic mass is 35.5. The van der Waals surface area contributed by atoms with E-state index >= 15 is 0 Å². The van der Waals surface area contributed by atoms with Gasteiger partial charge in [0.15, 0.2) is 9.84 Å². The van der Waals surface area contributed by atoms with E-state index in [1.807, 2.05) is 0 Å². The van der Waals surface area contributed by atoms with Gasteiger partial charge in [-0.05, 0) is 43.5 Å². The lowest BCUT2D eigenvalue weighted by Crippen LogP contribution is -2.29. The van der Waals surface area contributed by atoms with Crippen molar-refractivity contribution in [1.29, 1.82) is 0 Å². The van der Waals surface area contributed by atoms with Gasteiger partial charge < -0.3 is 4.74 Å². The summed E-state index contributed by atoms with van der Waals surface area (Å²) in [5, 5.41) is 0.816. The molecule has 0 radical (unpaired) electrons. The Balaban J connectivity index is 2.15. The van der Waals surface area contributed by atoms with E-state index in [1.54, 1.807) is 31.3 Å². The molecule has 6 heteroatoms. The van der Waals surface area contributed by atoms with Gasteiger partial charge in [-0.25, -0.2) is 8.42 Å². The fraction of sp³-hybridized carbons (Fsp3) is 0.400. The van der Waals surface area contributed by atoms with Gasteiger partial charge in [0.1, 0.15) is 0 Å². The molecule has 4 nitrogen and oxygen atoms in total. The number of ether oxygens (including phenoxy) is 1. The predicted molar refractivity (Wildman–Crippen MR) is 82.5 cm³/mol. The number of pyridine rings is 1. The molecular formula is C15H16ClNO3S. The van der Waals surface area contributed by atoms with Crippen molar-refractivity contribution >= 4 is 32.3 Å². The Morgan fingerprint density at radius 2 is 2.00 bits per heavy atom. The number of aryl methyl sites for hydroxylation is 1. The van der Waals surface area contributed by atoms with Crippen LogP contribution in [0.4, 0.5) is 0 Å². The van der Waals surface area contributed by atoms with E-state index in [2.05, 4.69) is 4.98 Å². The Morgan fingerprint density at radius 1 is 1.29 bits per heavy atom. The number of aromatic nitrogens is 1. The number of rotatable bonds is 2. The zero-order chi connectivity index (χ0) is 15.0. The quantitative estimate of drug-likeness (QED) is 0.851. The molecule has 1 aromatic carbocycles. The molecular weight excluding hydrogens is 310 g/mol. The SMILES string of the molecule is Cc1cc2nccc(Cl)c2cc1S(=O)(=O)C1CCOCC1. The van der Waals surface area contributed by atoms with Gasteiger partial charge in [-0.2, -0.15) is 0 Å². The van der Waals surface area contributed by atoms with Gasteiger partial charge in [-0.3, -0.25) is 4.98 Å². The van der Waals surface area contributed by atoms with Crippen LogP contribution in [0.1, 0.15) is 18.4 Å². The third-order valence-electron chi connectivity index (χ3n) is 3.90. The first kappa shape index (κ1) is 14.8. The second-order valence-electron chi connectivity index (χ2n) is 5.28. The van der Waals surface area contributed by atoms with Gasteiger partial charge in [0.05, 0.1) is 20.7 Å². The molecule has 1 aliphatic rings. The van der Waals surface area contributed by atoms with Crippen molar-refractivity contribution in [2.24, 2.45) is 0 Å². The number of benzene rings is 1. The molecule has 0 saturated carbocycles. The van der Waals surface area contributed by atoms with Crippen molar-refractivity contribution in [3.63, 3.8) is 0 Å². The highest BCUT2D eigenvalue weighted by Gasteiger charge is 2.30. The summed E-state index contributed by atoms with van der Waals surface area (Å²) in [7, 11) is -3.37. The average molecular weight is 326 g/mol. The van der Waals surface area contributed by atoms with Crippen LogP contribution in [0.2, 0.25) is 5.02 Å². The van der Waals surface area contributed by atoms with Gasteiger partial charge >= 0.3 is 0 Å². The predicted octanol–water partition coefficient (Wildman–Crippen LogP) is 3.15. The zero-order valence-electron chi connectivity index (χ0n) is 11.7. The van der Waals surface area contributed by atoms with Crippen LogP contribution in [0, 0.1) is 6.92 Å². The van der Waals surface area contributed by atoms with Crippen molar-refractivity contribution in [2.45, 2.75) is 29.9 Å². The summed E-state index contributed by atoms with van der Waals surface area (Å²) in [6.45, 7) is 2.80. The Bertz CT molecular complexity index is 783. The molecule has 21 heavy (non-hydrogen) atoms. The van der Waals surface area contributed by atoms with Crippen LogP contribution in [0.25, 0.3) is 10.9 Å². The molecule has 2 aromatic rings. The third-order valence-corrected chi connectivity index (χ3v) is 6.63. The lowest BCUT2D eigenvalue weighted by molar-refractivity contribution is 0.0983. The molecule has 1 fully saturated rings. The van der Waals surface area contributed by atoms with Crippen LogP contribution in [-0.4, -0.2) is 31.9 Å². The zero-order valence-corrected chi connectivity index (χ0v) is 13.2. The van der Waals surface area contributed by atoms with Crippen molar-refractivity contribution in [3.05, 3.63) is 35.0 Å². The number of nitrogens with zero attached hydrogens (tertiary/aromatic N) is 1. The minimum absolute atomic E-state index is 0.358. The van der Waals surface area contributed by atoms with Crippen LogP contribution >= 0.6 is 11.6 Å². The van der Waals surface area contributed by atoms with Gasteiger partial charge in [-0.15, -0.1) is 0 Å². The topological polar surface area (TPSA) is 56.3 Å². The first-order chi connectivity index (χ1) is 10.00. The minimum Gasteiger partial charge on any atom is -0.381 e. The Kier molecular flexibility index (Phi) is 3.90. The summed E-state index contributed by atoms with van der Waals surface area (Å²) in [5.41, 5.74) is 1.43. The minimum atomic E-state index is -3.37. The maximum Gasteiger partial charge on any atom is 0.181 e. The maximum atomic E-state index is 12.8. The molecule has 0 atom stereocenters. The van der Waals surface area contributed by atoms with E-state index in [0.29, 0.717) is 52.4 Å². The van der Waals surface area contributed by atoms with E-state index in [-0.39, 0.29) is 5.25 Å². The third kappa shape index (κ3) is 2.65. The Hall–Kier alpha value is -1.17. The molecule has 0 unspecified atom stereocenters. The number of sulfone groups is 1. The second kappa shape index (κ2) is 5.55. The molecule has 0 spiro atoms. The lowest BCUT2D eigenvalue weighted by Gasteiger charge is -2.23. The standard InChI is InChI=1S/C15H16ClNO3S/c1-10-8-14-12(13(16)2-5-17-14)9-15(10)21(18,19)11-3-6-20-7-4-11/h2,5,8-9,11H,3-4,6-7H2,1H3. The molecule has 2 heterocycles. The Labute approximate surface area is 129 Å². The molecule has 1 aromatic heterocycles. The van der Waals surface area contributed by atoms with Crippen molar-refractivity contribution in [1.82, 2.24) is 4.98 Å². The van der Waals surface area contributed by atoms with E-state index in [4.69, 9.17) is 16.3 Å². The summed E-state index contributed by atoms with van der Waals surface area (Å²) in [5.74, 6) is 0. The normalized spacial score (nSPS) is 17.2. The number of fused-ring (bicyclic) bond motifs is 1. The van der Waals surface area contributed by atoms with Gasteiger partial charge in [0, 0.05) is 24.8 Å². The maximum absolute atomic E-state index is 12.8. The van der Waals surface area contributed by atoms with Crippen LogP contribution in [-0.2, 0) is 14.6 Å². The summed E-state index contributed by atoms with van der Waals surface area (Å²) in [6.07, 6.45) is 2.71. The highest BCUT2D eigenvalue weighted by molar-refractivity contribution is 7.92. The van der Waals surface area contributed by atoms with Gasteiger partial charge in [0.25, 0.3) is 0 Å². The van der Waals surface area contributed by atoms with Gasteiger partial charge in [0.2, 0.25) is 0 Å². The molecule has 0 amide bonds. The van der Waals surface area contributed by atoms with E-state index in [9.17, 15) is 8.42 Å². The molecule has 0 bridgehead atoms. The summed E-state index contributed by atoms with van der Waals surface area (Å²) >= 11 is 6.16. The average Bonchev–Trinajstić information content (AvgIpc) is 2.47. The van der Waals surface area contributed by atoms with E-state index in [0.717, 1.165) is 0 Å². The fourth-order valence-electron chi connectivity index (χ4n) is 2.72. The molecule has 0 aliphatic carbocycles. The van der Waals surface area contributed by atoms with Crippen LogP contribution in [0.15, 0.2) is 29.3 Å². The monoisotopic (exact) mass is 325 g/mol. The molecule has 1 saturated heterocycles. The smallest absolute Gasteiger partial charge is 0.181 e. The fourth-order valence-corrected chi connectivity index (χ4v) is 4.89. The largest absolute Gasteiger partial charge is 0.381 e. The van der Waals surface area contributed by atoms with Crippen LogP contribution in [0.5, 0.6) is 0 Å². The molecule has 3 rings (SSSR count). The number of halogens is 1. The summed E-state index contributed by atoms with van der Waals surface area (Å²) < 4.78 is 30.9. The summed E-state index contributed by atoms with van der Waals surface area (Å²) in [6, 6.07) is 5.11. The molecule has 0 N–H and O–H groups in total. The first-order valence-electron chi connectivity index (χ1n) is 6.86. The second-order valence-corrected chi connectivity index (χ2v) is 7.89. The highest BCUT2D eigenvalue weighted by Crippen LogP contribution is 2.31. The molecule has 112 valence electrons. The molecule has 1 aliphatic heterocycles. The lowest BCUT2D eigenvalue weighted by atomic mass is 10.1. The van der Waals surface area contributed by atoms with Crippen LogP contribution < -0.4 is 0 Å². The van der Waals surface area contributed by atoms with Crippen molar-refractivity contribution in [3.8, 4) is 0 Å². The Morgan fingerprint density at radius 3 is 2.71 bits per heavy atom. The van der Waals surface area contributed by atoms with E-state index in [1.165, 1.54) is 0 Å². The summed E-state index contributed by atoms with van der Waals surface area (Å²) in [4.78, 5) is 4.60. The number of hydrogen-bond acceptors (Lipinski definition) is 4. The van der Waals surface area contributed by atoms with Crippen molar-refractivity contribution in [2.75, 3.05) is 13.2 Å². The van der Waals surface area contributed by atoms with E-state index < -0.39 is 9.84 Å². The van der Waals surface area contributed by atoms with Crippen LogP contribution in [0.3, 0.4) is 0 Å². The van der Waals surface area contributed by atoms with Gasteiger partial charge in [-0.1, -0.05) is 11.6 Å². The first-order valence-corrected chi connectivity index (χ1v) is 8.79. The number of hydrogen-bond donors (Lipinski definition) is 0.